The zero-order valence-electron chi connectivity index (χ0n) is 27.4. The number of aliphatic carboxylic acids is 1. The van der Waals surface area contributed by atoms with E-state index in [0.29, 0.717) is 19.0 Å². The average Bonchev–Trinajstić information content (AvgIpc) is 3.63. The number of benzene rings is 3. The number of amides is 1. The molecule has 8 heteroatoms. The predicted octanol–water partition coefficient (Wildman–Crippen LogP) is 6.94. The molecule has 0 aromatic heterocycles. The first-order valence-corrected chi connectivity index (χ1v) is 16.9. The SMILES string of the molecule is C=CCN(C[C@@H]1O[C@H](c2cccc(-c3cccc(CNC(=O)CCCC(=O)O)c3)c2)O[C@H](c2ccc(CO)cc2)[C@@H]1C)C1CCCC1. The number of rotatable bonds is 15. The normalized spacial score (nSPS) is 21.5. The quantitative estimate of drug-likeness (QED) is 0.155. The largest absolute Gasteiger partial charge is 0.481 e. The van der Waals surface area contributed by atoms with Crippen LogP contribution in [0.15, 0.2) is 85.5 Å². The van der Waals surface area contributed by atoms with E-state index in [2.05, 4.69) is 54.1 Å². The number of hydrogen-bond donors (Lipinski definition) is 3. The second-order valence-corrected chi connectivity index (χ2v) is 12.9. The zero-order chi connectivity index (χ0) is 33.2. The summed E-state index contributed by atoms with van der Waals surface area (Å²) in [6.07, 6.45) is 6.60. The molecule has 2 fully saturated rings. The Bertz CT molecular complexity index is 1480. The van der Waals surface area contributed by atoms with Crippen LogP contribution in [0.4, 0.5) is 0 Å². The standard InChI is InChI=1S/C39H48N2O6/c1-3-21-41(34-13-4-5-14-34)25-35-27(2)38(30-19-17-28(26-42)18-20-30)47-39(46-35)33-12-7-11-32(23-33)31-10-6-9-29(22-31)24-40-36(43)15-8-16-37(44)45/h3,6-7,9-12,17-20,22-23,27,34-35,38-39,42H,1,4-5,8,13-16,21,24-26H2,2H3,(H,40,43)(H,44,45)/t27-,35+,38+,39+/m1/s1. The molecule has 250 valence electrons. The maximum atomic E-state index is 12.2. The molecular formula is C39H48N2O6. The van der Waals surface area contributed by atoms with Crippen molar-refractivity contribution in [2.24, 2.45) is 5.92 Å². The Morgan fingerprint density at radius 2 is 1.66 bits per heavy atom. The monoisotopic (exact) mass is 640 g/mol. The summed E-state index contributed by atoms with van der Waals surface area (Å²) in [5.41, 5.74) is 5.86. The van der Waals surface area contributed by atoms with Crippen molar-refractivity contribution in [2.45, 2.75) is 89.6 Å². The maximum absolute atomic E-state index is 12.2. The molecule has 0 unspecified atom stereocenters. The van der Waals surface area contributed by atoms with Crippen LogP contribution in [0.1, 0.15) is 86.5 Å². The van der Waals surface area contributed by atoms with Crippen LogP contribution in [0, 0.1) is 5.92 Å². The third-order valence-corrected chi connectivity index (χ3v) is 9.45. The lowest BCUT2D eigenvalue weighted by atomic mass is 9.89. The molecule has 3 N–H and O–H groups in total. The Balaban J connectivity index is 1.35. The highest BCUT2D eigenvalue weighted by atomic mass is 16.7. The third-order valence-electron chi connectivity index (χ3n) is 9.45. The highest BCUT2D eigenvalue weighted by molar-refractivity contribution is 5.76. The van der Waals surface area contributed by atoms with Gasteiger partial charge >= 0.3 is 5.97 Å². The molecule has 1 amide bonds. The van der Waals surface area contributed by atoms with Gasteiger partial charge in [0.25, 0.3) is 0 Å². The van der Waals surface area contributed by atoms with Gasteiger partial charge in [-0.05, 0) is 59.2 Å². The molecule has 2 aliphatic rings. The number of hydrogen-bond acceptors (Lipinski definition) is 6. The van der Waals surface area contributed by atoms with Crippen molar-refractivity contribution in [2.75, 3.05) is 13.1 Å². The first kappa shape index (κ1) is 34.5. The van der Waals surface area contributed by atoms with Gasteiger partial charge in [-0.2, -0.15) is 0 Å². The van der Waals surface area contributed by atoms with Gasteiger partial charge in [0.05, 0.1) is 18.8 Å². The highest BCUT2D eigenvalue weighted by Crippen LogP contribution is 2.43. The number of carboxylic acid groups (broad SMARTS) is 1. The number of carbonyl (C=O) groups excluding carboxylic acids is 1. The smallest absolute Gasteiger partial charge is 0.303 e. The van der Waals surface area contributed by atoms with E-state index in [0.717, 1.165) is 46.5 Å². The van der Waals surface area contributed by atoms with Gasteiger partial charge < -0.3 is 25.0 Å². The topological polar surface area (TPSA) is 108 Å². The summed E-state index contributed by atoms with van der Waals surface area (Å²) in [6.45, 7) is 8.24. The van der Waals surface area contributed by atoms with Crippen molar-refractivity contribution in [3.63, 3.8) is 0 Å². The molecule has 4 atom stereocenters. The van der Waals surface area contributed by atoms with Crippen LogP contribution in [0.2, 0.25) is 0 Å². The molecule has 0 bridgehead atoms. The molecule has 1 aliphatic carbocycles. The van der Waals surface area contributed by atoms with E-state index in [-0.39, 0.29) is 43.5 Å². The minimum Gasteiger partial charge on any atom is -0.481 e. The van der Waals surface area contributed by atoms with Gasteiger partial charge in [-0.1, -0.05) is 86.5 Å². The second kappa shape index (κ2) is 16.8. The fourth-order valence-corrected chi connectivity index (χ4v) is 6.78. The van der Waals surface area contributed by atoms with E-state index in [1.807, 2.05) is 48.5 Å². The molecule has 1 aliphatic heterocycles. The van der Waals surface area contributed by atoms with Gasteiger partial charge in [0, 0.05) is 50.0 Å². The Labute approximate surface area is 278 Å². The minimum absolute atomic E-state index is 0.000769. The van der Waals surface area contributed by atoms with Crippen LogP contribution >= 0.6 is 0 Å². The summed E-state index contributed by atoms with van der Waals surface area (Å²) in [4.78, 5) is 25.5. The Kier molecular flexibility index (Phi) is 12.4. The van der Waals surface area contributed by atoms with E-state index >= 15 is 0 Å². The Morgan fingerprint density at radius 3 is 2.36 bits per heavy atom. The van der Waals surface area contributed by atoms with E-state index in [4.69, 9.17) is 14.6 Å². The summed E-state index contributed by atoms with van der Waals surface area (Å²) in [5.74, 6) is -0.957. The van der Waals surface area contributed by atoms with Crippen LogP contribution in [-0.4, -0.2) is 52.2 Å². The number of carboxylic acids is 1. The van der Waals surface area contributed by atoms with E-state index in [1.165, 1.54) is 25.7 Å². The van der Waals surface area contributed by atoms with Crippen LogP contribution in [0.5, 0.6) is 0 Å². The number of nitrogens with one attached hydrogen (secondary N) is 1. The van der Waals surface area contributed by atoms with Gasteiger partial charge in [-0.3, -0.25) is 14.5 Å². The average molecular weight is 641 g/mol. The summed E-state index contributed by atoms with van der Waals surface area (Å²) >= 11 is 0. The number of aliphatic hydroxyl groups is 1. The Morgan fingerprint density at radius 1 is 0.936 bits per heavy atom. The third kappa shape index (κ3) is 9.39. The van der Waals surface area contributed by atoms with Crippen molar-refractivity contribution < 1.29 is 29.3 Å². The summed E-state index contributed by atoms with van der Waals surface area (Å²) in [6, 6.07) is 24.9. The van der Waals surface area contributed by atoms with Gasteiger partial charge in [0.1, 0.15) is 0 Å². The molecule has 3 aromatic rings. The zero-order valence-corrected chi connectivity index (χ0v) is 27.4. The van der Waals surface area contributed by atoms with E-state index < -0.39 is 12.3 Å². The lowest BCUT2D eigenvalue weighted by Crippen LogP contribution is -2.47. The van der Waals surface area contributed by atoms with Crippen LogP contribution < -0.4 is 5.32 Å². The molecule has 47 heavy (non-hydrogen) atoms. The van der Waals surface area contributed by atoms with Gasteiger partial charge in [0.15, 0.2) is 6.29 Å². The molecular weight excluding hydrogens is 592 g/mol. The maximum Gasteiger partial charge on any atom is 0.303 e. The molecule has 3 aromatic carbocycles. The van der Waals surface area contributed by atoms with Gasteiger partial charge in [0.2, 0.25) is 5.91 Å². The van der Waals surface area contributed by atoms with E-state index in [9.17, 15) is 14.7 Å². The fourth-order valence-electron chi connectivity index (χ4n) is 6.78. The number of aliphatic hydroxyl groups excluding tert-OH is 1. The first-order valence-electron chi connectivity index (χ1n) is 16.9. The summed E-state index contributed by atoms with van der Waals surface area (Å²) in [5, 5.41) is 21.3. The lowest BCUT2D eigenvalue weighted by molar-refractivity contribution is -0.276. The highest BCUT2D eigenvalue weighted by Gasteiger charge is 2.40. The van der Waals surface area contributed by atoms with Crippen LogP contribution in [0.25, 0.3) is 11.1 Å². The van der Waals surface area contributed by atoms with Crippen LogP contribution in [-0.2, 0) is 32.2 Å². The lowest BCUT2D eigenvalue weighted by Gasteiger charge is -2.43. The molecule has 0 spiro atoms. The van der Waals surface area contributed by atoms with Crippen molar-refractivity contribution in [1.82, 2.24) is 10.2 Å². The second-order valence-electron chi connectivity index (χ2n) is 12.9. The van der Waals surface area contributed by atoms with Crippen molar-refractivity contribution >= 4 is 11.9 Å². The van der Waals surface area contributed by atoms with Crippen molar-refractivity contribution in [3.8, 4) is 11.1 Å². The molecule has 1 saturated heterocycles. The number of carbonyl (C=O) groups is 2. The van der Waals surface area contributed by atoms with Crippen LogP contribution in [0.3, 0.4) is 0 Å². The van der Waals surface area contributed by atoms with E-state index in [1.54, 1.807) is 0 Å². The van der Waals surface area contributed by atoms with Crippen molar-refractivity contribution in [1.29, 1.82) is 0 Å². The molecule has 0 radical (unpaired) electrons. The molecule has 1 heterocycles. The Hall–Kier alpha value is -3.82. The summed E-state index contributed by atoms with van der Waals surface area (Å²) < 4.78 is 13.6. The fraction of sp³-hybridized carbons (Fsp3) is 0.436. The van der Waals surface area contributed by atoms with Gasteiger partial charge in [-0.25, -0.2) is 0 Å². The summed E-state index contributed by atoms with van der Waals surface area (Å²) in [7, 11) is 0. The molecule has 8 nitrogen and oxygen atoms in total. The predicted molar refractivity (Wildman–Crippen MR) is 182 cm³/mol. The number of ether oxygens (including phenoxy) is 2. The minimum atomic E-state index is -0.896. The molecule has 1 saturated carbocycles. The first-order chi connectivity index (χ1) is 22.8. The molecule has 5 rings (SSSR count). The van der Waals surface area contributed by atoms with Gasteiger partial charge in [-0.15, -0.1) is 6.58 Å². The van der Waals surface area contributed by atoms with Crippen molar-refractivity contribution in [3.05, 3.63) is 108 Å². The number of nitrogens with zero attached hydrogens (tertiary/aromatic N) is 1.